The number of nitrogens with zero attached hydrogens (tertiary/aromatic N) is 1. The van der Waals surface area contributed by atoms with Gasteiger partial charge in [-0.25, -0.2) is 0 Å². The van der Waals surface area contributed by atoms with Crippen LogP contribution in [0.25, 0.3) is 0 Å². The summed E-state index contributed by atoms with van der Waals surface area (Å²) in [6, 6.07) is 7.49. The van der Waals surface area contributed by atoms with Crippen molar-refractivity contribution < 1.29 is 14.3 Å². The van der Waals surface area contributed by atoms with E-state index in [0.717, 1.165) is 44.5 Å². The molecule has 0 aliphatic carbocycles. The molecule has 2 saturated heterocycles. The molecule has 1 unspecified atom stereocenters. The summed E-state index contributed by atoms with van der Waals surface area (Å²) in [5.74, 6) is 0.0725. The first-order valence-corrected chi connectivity index (χ1v) is 8.05. The van der Waals surface area contributed by atoms with Crippen LogP contribution in [-0.4, -0.2) is 31.1 Å². The molecule has 0 spiro atoms. The summed E-state index contributed by atoms with van der Waals surface area (Å²) in [6.07, 6.45) is 5.00. The lowest BCUT2D eigenvalue weighted by Gasteiger charge is -2.23. The van der Waals surface area contributed by atoms with Crippen molar-refractivity contribution in [1.29, 1.82) is 0 Å². The third-order valence-corrected chi connectivity index (χ3v) is 4.23. The maximum absolute atomic E-state index is 12.2. The summed E-state index contributed by atoms with van der Waals surface area (Å²) >= 11 is 0. The van der Waals surface area contributed by atoms with E-state index in [2.05, 4.69) is 5.32 Å². The Bertz CT molecular complexity index is 553. The molecular formula is C17H22N2O3. The predicted molar refractivity (Wildman–Crippen MR) is 84.9 cm³/mol. The van der Waals surface area contributed by atoms with Crippen LogP contribution >= 0.6 is 0 Å². The molecule has 2 amide bonds. The maximum Gasteiger partial charge on any atom is 0.227 e. The highest BCUT2D eigenvalue weighted by Gasteiger charge is 2.24. The highest BCUT2D eigenvalue weighted by Crippen LogP contribution is 2.29. The number of rotatable bonds is 4. The lowest BCUT2D eigenvalue weighted by atomic mass is 10.1. The van der Waals surface area contributed by atoms with E-state index in [1.165, 1.54) is 0 Å². The van der Waals surface area contributed by atoms with Gasteiger partial charge < -0.3 is 15.0 Å². The molecule has 1 aromatic rings. The average molecular weight is 302 g/mol. The second-order valence-corrected chi connectivity index (χ2v) is 5.91. The fraction of sp³-hybridized carbons (Fsp3) is 0.529. The number of para-hydroxylation sites is 2. The standard InChI is InChI=1S/C17H22N2O3/c20-16(12-13-6-3-4-11-22-13)18-14-7-1-2-8-15(14)19-10-5-9-17(19)21/h1-2,7-8,13H,3-6,9-12H2,(H,18,20). The molecule has 0 aromatic heterocycles. The monoisotopic (exact) mass is 302 g/mol. The lowest BCUT2D eigenvalue weighted by Crippen LogP contribution is -2.28. The first-order valence-electron chi connectivity index (χ1n) is 8.05. The van der Waals surface area contributed by atoms with Crippen molar-refractivity contribution in [2.24, 2.45) is 0 Å². The van der Waals surface area contributed by atoms with Crippen molar-refractivity contribution >= 4 is 23.2 Å². The van der Waals surface area contributed by atoms with Crippen molar-refractivity contribution in [3.63, 3.8) is 0 Å². The summed E-state index contributed by atoms with van der Waals surface area (Å²) in [4.78, 5) is 25.9. The predicted octanol–water partition coefficient (Wildman–Crippen LogP) is 2.71. The molecule has 3 rings (SSSR count). The molecule has 0 saturated carbocycles. The molecule has 0 radical (unpaired) electrons. The topological polar surface area (TPSA) is 58.6 Å². The Kier molecular flexibility index (Phi) is 4.73. The van der Waals surface area contributed by atoms with E-state index in [9.17, 15) is 9.59 Å². The number of anilines is 2. The molecule has 0 bridgehead atoms. The van der Waals surface area contributed by atoms with Crippen molar-refractivity contribution in [3.8, 4) is 0 Å². The van der Waals surface area contributed by atoms with Crippen molar-refractivity contribution in [2.45, 2.75) is 44.6 Å². The molecular weight excluding hydrogens is 280 g/mol. The maximum atomic E-state index is 12.2. The minimum atomic E-state index is -0.0500. The fourth-order valence-electron chi connectivity index (χ4n) is 3.09. The smallest absolute Gasteiger partial charge is 0.227 e. The van der Waals surface area contributed by atoms with Crippen LogP contribution in [0.15, 0.2) is 24.3 Å². The normalized spacial score (nSPS) is 21.9. The number of ether oxygens (including phenoxy) is 1. The first-order chi connectivity index (χ1) is 10.7. The van der Waals surface area contributed by atoms with Crippen LogP contribution in [0.5, 0.6) is 0 Å². The Hall–Kier alpha value is -1.88. The van der Waals surface area contributed by atoms with Crippen LogP contribution in [-0.2, 0) is 14.3 Å². The van der Waals surface area contributed by atoms with Gasteiger partial charge in [0.1, 0.15) is 0 Å². The molecule has 118 valence electrons. The number of amides is 2. The zero-order chi connectivity index (χ0) is 15.4. The van der Waals surface area contributed by atoms with E-state index >= 15 is 0 Å². The average Bonchev–Trinajstić information content (AvgIpc) is 2.95. The Morgan fingerprint density at radius 2 is 2.14 bits per heavy atom. The highest BCUT2D eigenvalue weighted by molar-refractivity contribution is 6.02. The van der Waals surface area contributed by atoms with Gasteiger partial charge in [-0.15, -0.1) is 0 Å². The van der Waals surface area contributed by atoms with Gasteiger partial charge in [0.25, 0.3) is 0 Å². The SMILES string of the molecule is O=C(CC1CCCCO1)Nc1ccccc1N1CCCC1=O. The second-order valence-electron chi connectivity index (χ2n) is 5.91. The summed E-state index contributed by atoms with van der Waals surface area (Å²) in [7, 11) is 0. The van der Waals surface area contributed by atoms with Gasteiger partial charge in [-0.2, -0.15) is 0 Å². The molecule has 1 aromatic carbocycles. The second kappa shape index (κ2) is 6.92. The van der Waals surface area contributed by atoms with E-state index in [1.54, 1.807) is 4.90 Å². The van der Waals surface area contributed by atoms with Gasteiger partial charge >= 0.3 is 0 Å². The van der Waals surface area contributed by atoms with Gasteiger partial charge in [0.15, 0.2) is 0 Å². The van der Waals surface area contributed by atoms with Crippen LogP contribution in [0.2, 0.25) is 0 Å². The summed E-state index contributed by atoms with van der Waals surface area (Å²) in [5.41, 5.74) is 1.50. The van der Waals surface area contributed by atoms with Gasteiger partial charge in [0, 0.05) is 19.6 Å². The number of benzene rings is 1. The van der Waals surface area contributed by atoms with Crippen molar-refractivity contribution in [3.05, 3.63) is 24.3 Å². The van der Waals surface area contributed by atoms with Crippen LogP contribution in [0.3, 0.4) is 0 Å². The number of carbonyl (C=O) groups excluding carboxylic acids is 2. The van der Waals surface area contributed by atoms with Crippen LogP contribution in [0, 0.1) is 0 Å². The van der Waals surface area contributed by atoms with Gasteiger partial charge in [0.05, 0.1) is 23.9 Å². The van der Waals surface area contributed by atoms with Gasteiger partial charge in [0.2, 0.25) is 11.8 Å². The Morgan fingerprint density at radius 3 is 2.86 bits per heavy atom. The molecule has 1 N–H and O–H groups in total. The molecule has 1 atom stereocenters. The molecule has 2 fully saturated rings. The van der Waals surface area contributed by atoms with E-state index in [4.69, 9.17) is 4.74 Å². The minimum absolute atomic E-state index is 0.0225. The molecule has 2 heterocycles. The van der Waals surface area contributed by atoms with Crippen molar-refractivity contribution in [1.82, 2.24) is 0 Å². The number of nitrogens with one attached hydrogen (secondary N) is 1. The number of hydrogen-bond donors (Lipinski definition) is 1. The number of hydrogen-bond acceptors (Lipinski definition) is 3. The summed E-state index contributed by atoms with van der Waals surface area (Å²) in [6.45, 7) is 1.47. The van der Waals surface area contributed by atoms with Crippen molar-refractivity contribution in [2.75, 3.05) is 23.4 Å². The third kappa shape index (κ3) is 3.47. The third-order valence-electron chi connectivity index (χ3n) is 4.23. The highest BCUT2D eigenvalue weighted by atomic mass is 16.5. The Labute approximate surface area is 130 Å². The largest absolute Gasteiger partial charge is 0.378 e. The number of carbonyl (C=O) groups is 2. The van der Waals surface area contributed by atoms with E-state index in [0.29, 0.717) is 18.5 Å². The lowest BCUT2D eigenvalue weighted by molar-refractivity contribution is -0.120. The molecule has 2 aliphatic rings. The van der Waals surface area contributed by atoms with Gasteiger partial charge in [-0.05, 0) is 37.8 Å². The molecule has 5 nitrogen and oxygen atoms in total. The summed E-state index contributed by atoms with van der Waals surface area (Å²) in [5, 5.41) is 2.94. The molecule has 22 heavy (non-hydrogen) atoms. The van der Waals surface area contributed by atoms with E-state index in [-0.39, 0.29) is 17.9 Å². The zero-order valence-electron chi connectivity index (χ0n) is 12.7. The first kappa shape index (κ1) is 15.0. The van der Waals surface area contributed by atoms with E-state index < -0.39 is 0 Å². The molecule has 2 aliphatic heterocycles. The minimum Gasteiger partial charge on any atom is -0.378 e. The Morgan fingerprint density at radius 1 is 1.27 bits per heavy atom. The van der Waals surface area contributed by atoms with Crippen LogP contribution < -0.4 is 10.2 Å². The van der Waals surface area contributed by atoms with Crippen LogP contribution in [0.4, 0.5) is 11.4 Å². The van der Waals surface area contributed by atoms with E-state index in [1.807, 2.05) is 24.3 Å². The van der Waals surface area contributed by atoms with Gasteiger partial charge in [-0.3, -0.25) is 9.59 Å². The zero-order valence-corrected chi connectivity index (χ0v) is 12.7. The summed E-state index contributed by atoms with van der Waals surface area (Å²) < 4.78 is 5.61. The Balaban J connectivity index is 1.66. The molecule has 5 heteroatoms. The quantitative estimate of drug-likeness (QED) is 0.930. The fourth-order valence-corrected chi connectivity index (χ4v) is 3.09. The van der Waals surface area contributed by atoms with Gasteiger partial charge in [-0.1, -0.05) is 12.1 Å². The van der Waals surface area contributed by atoms with Crippen LogP contribution in [0.1, 0.15) is 38.5 Å².